The van der Waals surface area contributed by atoms with Crippen molar-refractivity contribution in [3.8, 4) is 0 Å². The maximum absolute atomic E-state index is 5.83. The predicted molar refractivity (Wildman–Crippen MR) is 39.7 cm³/mol. The highest BCUT2D eigenvalue weighted by Gasteiger charge is 2.50. The lowest BCUT2D eigenvalue weighted by atomic mass is 9.88. The summed E-state index contributed by atoms with van der Waals surface area (Å²) >= 11 is 5.83. The van der Waals surface area contributed by atoms with E-state index in [1.165, 1.54) is 19.3 Å². The van der Waals surface area contributed by atoms with Crippen LogP contribution in [0.5, 0.6) is 0 Å². The van der Waals surface area contributed by atoms with Crippen LogP contribution in [0.1, 0.15) is 26.2 Å². The van der Waals surface area contributed by atoms with Crippen LogP contribution >= 0.6 is 11.6 Å². The molecule has 0 aliphatic heterocycles. The minimum absolute atomic E-state index is 0.523. The van der Waals surface area contributed by atoms with Gasteiger partial charge in [0, 0.05) is 5.88 Å². The first kappa shape index (κ1) is 6.03. The number of alkyl halides is 1. The fourth-order valence-electron chi connectivity index (χ4n) is 2.27. The van der Waals surface area contributed by atoms with Crippen LogP contribution in [0.25, 0.3) is 0 Å². The molecule has 0 amide bonds. The standard InChI is InChI=1S/C8H13Cl/c1-8(5-9)3-6-2-7(6)4-8/h6-7H,2-5H2,1H3. The van der Waals surface area contributed by atoms with Gasteiger partial charge in [0.25, 0.3) is 0 Å². The van der Waals surface area contributed by atoms with Gasteiger partial charge in [0.2, 0.25) is 0 Å². The Bertz CT molecular complexity index is 121. The molecule has 0 bridgehead atoms. The molecule has 0 saturated heterocycles. The van der Waals surface area contributed by atoms with Gasteiger partial charge in [-0.1, -0.05) is 6.92 Å². The molecule has 0 heterocycles. The van der Waals surface area contributed by atoms with Crippen molar-refractivity contribution in [2.24, 2.45) is 17.3 Å². The Hall–Kier alpha value is 0.290. The molecule has 2 aliphatic carbocycles. The first-order valence-corrected chi connectivity index (χ1v) is 4.33. The number of rotatable bonds is 1. The average Bonchev–Trinajstić information content (AvgIpc) is 2.42. The van der Waals surface area contributed by atoms with Crippen LogP contribution in [0.4, 0.5) is 0 Å². The van der Waals surface area contributed by atoms with Crippen molar-refractivity contribution in [3.63, 3.8) is 0 Å². The fourth-order valence-corrected chi connectivity index (χ4v) is 2.49. The maximum atomic E-state index is 5.83. The minimum atomic E-state index is 0.523. The minimum Gasteiger partial charge on any atom is -0.126 e. The van der Waals surface area contributed by atoms with E-state index in [1.54, 1.807) is 0 Å². The Balaban J connectivity index is 2.02. The van der Waals surface area contributed by atoms with E-state index in [0.29, 0.717) is 5.41 Å². The van der Waals surface area contributed by atoms with Crippen LogP contribution in [0.2, 0.25) is 0 Å². The topological polar surface area (TPSA) is 0 Å². The first-order chi connectivity index (χ1) is 4.23. The third-order valence-electron chi connectivity index (χ3n) is 2.90. The number of fused-ring (bicyclic) bond motifs is 1. The summed E-state index contributed by atoms with van der Waals surface area (Å²) in [5, 5.41) is 0. The summed E-state index contributed by atoms with van der Waals surface area (Å²) in [6.45, 7) is 2.33. The van der Waals surface area contributed by atoms with Crippen molar-refractivity contribution in [3.05, 3.63) is 0 Å². The van der Waals surface area contributed by atoms with Gasteiger partial charge in [-0.15, -0.1) is 11.6 Å². The summed E-state index contributed by atoms with van der Waals surface area (Å²) < 4.78 is 0. The Kier molecular flexibility index (Phi) is 1.11. The van der Waals surface area contributed by atoms with Crippen LogP contribution in [0.15, 0.2) is 0 Å². The fraction of sp³-hybridized carbons (Fsp3) is 1.00. The van der Waals surface area contributed by atoms with E-state index >= 15 is 0 Å². The summed E-state index contributed by atoms with van der Waals surface area (Å²) in [4.78, 5) is 0. The summed E-state index contributed by atoms with van der Waals surface area (Å²) in [6, 6.07) is 0. The second-order valence-corrected chi connectivity index (χ2v) is 4.38. The molecule has 9 heavy (non-hydrogen) atoms. The molecule has 2 aliphatic rings. The van der Waals surface area contributed by atoms with Crippen LogP contribution in [0, 0.1) is 17.3 Å². The lowest BCUT2D eigenvalue weighted by Gasteiger charge is -2.21. The Morgan fingerprint density at radius 1 is 1.44 bits per heavy atom. The van der Waals surface area contributed by atoms with Crippen molar-refractivity contribution in [1.29, 1.82) is 0 Å². The highest BCUT2D eigenvalue weighted by atomic mass is 35.5. The molecule has 2 unspecified atom stereocenters. The zero-order valence-electron chi connectivity index (χ0n) is 5.86. The van der Waals surface area contributed by atoms with Gasteiger partial charge in [0.05, 0.1) is 0 Å². The molecule has 0 nitrogen and oxygen atoms in total. The van der Waals surface area contributed by atoms with Gasteiger partial charge in [0.15, 0.2) is 0 Å². The molecule has 2 rings (SSSR count). The summed E-state index contributed by atoms with van der Waals surface area (Å²) in [5.41, 5.74) is 0.523. The summed E-state index contributed by atoms with van der Waals surface area (Å²) in [5.74, 6) is 3.03. The zero-order valence-corrected chi connectivity index (χ0v) is 6.62. The molecule has 0 N–H and O–H groups in total. The van der Waals surface area contributed by atoms with E-state index in [9.17, 15) is 0 Å². The molecule has 0 aromatic rings. The monoisotopic (exact) mass is 144 g/mol. The van der Waals surface area contributed by atoms with Crippen molar-refractivity contribution in [1.82, 2.24) is 0 Å². The van der Waals surface area contributed by atoms with Crippen LogP contribution in [-0.4, -0.2) is 5.88 Å². The van der Waals surface area contributed by atoms with Gasteiger partial charge >= 0.3 is 0 Å². The lowest BCUT2D eigenvalue weighted by Crippen LogP contribution is -2.14. The van der Waals surface area contributed by atoms with Gasteiger partial charge in [-0.2, -0.15) is 0 Å². The lowest BCUT2D eigenvalue weighted by molar-refractivity contribution is 0.345. The molecule has 0 radical (unpaired) electrons. The molecule has 0 aromatic heterocycles. The van der Waals surface area contributed by atoms with Gasteiger partial charge < -0.3 is 0 Å². The van der Waals surface area contributed by atoms with Crippen molar-refractivity contribution in [2.45, 2.75) is 26.2 Å². The van der Waals surface area contributed by atoms with Gasteiger partial charge in [-0.05, 0) is 36.5 Å². The third-order valence-corrected chi connectivity index (χ3v) is 3.55. The van der Waals surface area contributed by atoms with E-state index in [1.807, 2.05) is 0 Å². The van der Waals surface area contributed by atoms with Crippen molar-refractivity contribution in [2.75, 3.05) is 5.88 Å². The molecule has 2 saturated carbocycles. The molecule has 0 aromatic carbocycles. The highest BCUT2D eigenvalue weighted by Crippen LogP contribution is 2.59. The van der Waals surface area contributed by atoms with Crippen molar-refractivity contribution >= 4 is 11.6 Å². The number of halogens is 1. The van der Waals surface area contributed by atoms with Crippen molar-refractivity contribution < 1.29 is 0 Å². The van der Waals surface area contributed by atoms with E-state index in [-0.39, 0.29) is 0 Å². The predicted octanol–water partition coefficient (Wildman–Crippen LogP) is 2.66. The smallest absolute Gasteiger partial charge is 0.0277 e. The summed E-state index contributed by atoms with van der Waals surface area (Å²) in [7, 11) is 0. The number of hydrogen-bond acceptors (Lipinski definition) is 0. The number of hydrogen-bond donors (Lipinski definition) is 0. The molecule has 1 heteroatoms. The molecule has 0 spiro atoms. The Morgan fingerprint density at radius 2 is 2.00 bits per heavy atom. The summed E-state index contributed by atoms with van der Waals surface area (Å²) in [6.07, 6.45) is 4.31. The SMILES string of the molecule is CC1(CCl)CC2CC2C1. The molecule has 2 atom stereocenters. The molecule has 52 valence electrons. The Morgan fingerprint density at radius 3 is 2.33 bits per heavy atom. The van der Waals surface area contributed by atoms with Crippen LogP contribution < -0.4 is 0 Å². The van der Waals surface area contributed by atoms with Gasteiger partial charge in [-0.25, -0.2) is 0 Å². The average molecular weight is 145 g/mol. The molecular weight excluding hydrogens is 132 g/mol. The second-order valence-electron chi connectivity index (χ2n) is 4.11. The molecule has 2 fully saturated rings. The zero-order chi connectivity index (χ0) is 6.48. The Labute approximate surface area is 61.6 Å². The van der Waals surface area contributed by atoms with E-state index in [0.717, 1.165) is 17.7 Å². The quantitative estimate of drug-likeness (QED) is 0.497. The van der Waals surface area contributed by atoms with Gasteiger partial charge in [-0.3, -0.25) is 0 Å². The third kappa shape index (κ3) is 0.881. The maximum Gasteiger partial charge on any atom is 0.0277 e. The normalized spacial score (nSPS) is 55.3. The van der Waals surface area contributed by atoms with E-state index < -0.39 is 0 Å². The highest BCUT2D eigenvalue weighted by molar-refractivity contribution is 6.18. The van der Waals surface area contributed by atoms with Crippen LogP contribution in [-0.2, 0) is 0 Å². The van der Waals surface area contributed by atoms with Gasteiger partial charge in [0.1, 0.15) is 0 Å². The van der Waals surface area contributed by atoms with Crippen LogP contribution in [0.3, 0.4) is 0 Å². The largest absolute Gasteiger partial charge is 0.126 e. The first-order valence-electron chi connectivity index (χ1n) is 3.79. The van der Waals surface area contributed by atoms with E-state index in [4.69, 9.17) is 11.6 Å². The van der Waals surface area contributed by atoms with E-state index in [2.05, 4.69) is 6.92 Å². The molecular formula is C8H13Cl. The second kappa shape index (κ2) is 1.66.